The van der Waals surface area contributed by atoms with Crippen LogP contribution in [0.3, 0.4) is 0 Å². The number of benzene rings is 1. The number of aromatic amines is 1. The quantitative estimate of drug-likeness (QED) is 0.650. The molecule has 0 saturated carbocycles. The number of hydrogen-bond donors (Lipinski definition) is 2. The summed E-state index contributed by atoms with van der Waals surface area (Å²) in [6, 6.07) is 9.90. The fourth-order valence-corrected chi connectivity index (χ4v) is 3.65. The Morgan fingerprint density at radius 3 is 2.80 bits per heavy atom. The maximum Gasteiger partial charge on any atom is 0.272 e. The number of H-pyrrole nitrogens is 1. The molecule has 2 aromatic heterocycles. The molecule has 0 aliphatic carbocycles. The zero-order valence-corrected chi connectivity index (χ0v) is 15.5. The van der Waals surface area contributed by atoms with E-state index >= 15 is 0 Å². The zero-order valence-electron chi connectivity index (χ0n) is 13.9. The van der Waals surface area contributed by atoms with E-state index in [0.29, 0.717) is 35.4 Å². The monoisotopic (exact) mass is 373 g/mol. The van der Waals surface area contributed by atoms with Gasteiger partial charge in [-0.15, -0.1) is 11.3 Å². The van der Waals surface area contributed by atoms with E-state index in [1.807, 2.05) is 42.6 Å². The molecule has 0 radical (unpaired) electrons. The predicted octanol–water partition coefficient (Wildman–Crippen LogP) is 3.53. The van der Waals surface area contributed by atoms with Crippen LogP contribution in [0, 0.1) is 11.7 Å². The standard InChI is InChI=1S/C18H19N3O2S2/c1-12-4-6-13(7-5-12)11-19-15(22)3-2-9-21-17(23)16-14(8-10-25-16)20-18(21)24/h4-8,10H,2-3,9,11H2,1H3,(H,19,22)(H,20,24). The predicted molar refractivity (Wildman–Crippen MR) is 104 cm³/mol. The zero-order chi connectivity index (χ0) is 17.8. The molecule has 0 aliphatic rings. The van der Waals surface area contributed by atoms with Crippen molar-refractivity contribution in [2.45, 2.75) is 32.9 Å². The topological polar surface area (TPSA) is 66.9 Å². The minimum atomic E-state index is -0.0891. The molecule has 2 N–H and O–H groups in total. The van der Waals surface area contributed by atoms with E-state index in [9.17, 15) is 9.59 Å². The Morgan fingerprint density at radius 2 is 2.04 bits per heavy atom. The molecule has 0 atom stereocenters. The van der Waals surface area contributed by atoms with Gasteiger partial charge < -0.3 is 10.3 Å². The van der Waals surface area contributed by atoms with Crippen molar-refractivity contribution in [2.75, 3.05) is 0 Å². The Morgan fingerprint density at radius 1 is 1.28 bits per heavy atom. The lowest BCUT2D eigenvalue weighted by Gasteiger charge is -2.08. The lowest BCUT2D eigenvalue weighted by molar-refractivity contribution is -0.121. The number of amides is 1. The minimum absolute atomic E-state index is 0.0271. The summed E-state index contributed by atoms with van der Waals surface area (Å²) in [6.45, 7) is 2.98. The first-order chi connectivity index (χ1) is 12.0. The number of aryl methyl sites for hydroxylation is 1. The smallest absolute Gasteiger partial charge is 0.272 e. The van der Waals surface area contributed by atoms with Crippen LogP contribution in [0.15, 0.2) is 40.5 Å². The van der Waals surface area contributed by atoms with Gasteiger partial charge in [-0.2, -0.15) is 0 Å². The maximum absolute atomic E-state index is 12.4. The summed E-state index contributed by atoms with van der Waals surface area (Å²) in [5.41, 5.74) is 2.95. The third-order valence-corrected chi connectivity index (χ3v) is 5.21. The molecule has 7 heteroatoms. The van der Waals surface area contributed by atoms with Crippen LogP contribution < -0.4 is 10.9 Å². The third kappa shape index (κ3) is 4.24. The second kappa shape index (κ2) is 7.76. The fourth-order valence-electron chi connectivity index (χ4n) is 2.57. The molecule has 1 aromatic carbocycles. The lowest BCUT2D eigenvalue weighted by Crippen LogP contribution is -2.25. The average molecular weight is 374 g/mol. The van der Waals surface area contributed by atoms with E-state index < -0.39 is 0 Å². The first-order valence-corrected chi connectivity index (χ1v) is 9.36. The molecule has 130 valence electrons. The number of nitrogens with one attached hydrogen (secondary N) is 2. The molecule has 2 heterocycles. The molecule has 3 aromatic rings. The van der Waals surface area contributed by atoms with E-state index in [2.05, 4.69) is 10.3 Å². The lowest BCUT2D eigenvalue weighted by atomic mass is 10.1. The van der Waals surface area contributed by atoms with Crippen LogP contribution in [0.5, 0.6) is 0 Å². The van der Waals surface area contributed by atoms with Crippen LogP contribution in [-0.4, -0.2) is 15.5 Å². The summed E-state index contributed by atoms with van der Waals surface area (Å²) in [5, 5.41) is 4.76. The molecule has 25 heavy (non-hydrogen) atoms. The fraction of sp³-hybridized carbons (Fsp3) is 0.278. The Kier molecular flexibility index (Phi) is 5.45. The average Bonchev–Trinajstić information content (AvgIpc) is 3.06. The SMILES string of the molecule is Cc1ccc(CNC(=O)CCCn2c(=S)[nH]c3ccsc3c2=O)cc1. The normalized spacial score (nSPS) is 10.9. The molecular formula is C18H19N3O2S2. The van der Waals surface area contributed by atoms with Crippen molar-refractivity contribution in [2.24, 2.45) is 0 Å². The number of aromatic nitrogens is 2. The number of carbonyl (C=O) groups is 1. The summed E-state index contributed by atoms with van der Waals surface area (Å²) in [5.74, 6) is -0.0271. The van der Waals surface area contributed by atoms with Gasteiger partial charge in [0.2, 0.25) is 5.91 Å². The van der Waals surface area contributed by atoms with Crippen molar-refractivity contribution in [3.8, 4) is 0 Å². The van der Waals surface area contributed by atoms with Gasteiger partial charge in [-0.1, -0.05) is 29.8 Å². The highest BCUT2D eigenvalue weighted by atomic mass is 32.1. The summed E-state index contributed by atoms with van der Waals surface area (Å²) < 4.78 is 2.59. The number of fused-ring (bicyclic) bond motifs is 1. The van der Waals surface area contributed by atoms with Gasteiger partial charge in [-0.25, -0.2) is 0 Å². The van der Waals surface area contributed by atoms with Crippen LogP contribution in [0.4, 0.5) is 0 Å². The number of hydrogen-bond acceptors (Lipinski definition) is 4. The van der Waals surface area contributed by atoms with Gasteiger partial charge in [0.1, 0.15) is 4.70 Å². The van der Waals surface area contributed by atoms with Gasteiger partial charge >= 0.3 is 0 Å². The van der Waals surface area contributed by atoms with E-state index in [-0.39, 0.29) is 11.5 Å². The number of carbonyl (C=O) groups excluding carboxylic acids is 1. The molecule has 0 aliphatic heterocycles. The highest BCUT2D eigenvalue weighted by Crippen LogP contribution is 2.14. The molecule has 0 bridgehead atoms. The van der Waals surface area contributed by atoms with Gasteiger partial charge in [0.05, 0.1) is 5.52 Å². The summed E-state index contributed by atoms with van der Waals surface area (Å²) in [7, 11) is 0. The number of nitrogens with zero attached hydrogens (tertiary/aromatic N) is 1. The van der Waals surface area contributed by atoms with Crippen LogP contribution in [0.1, 0.15) is 24.0 Å². The molecule has 0 saturated heterocycles. The van der Waals surface area contributed by atoms with E-state index in [1.165, 1.54) is 21.5 Å². The van der Waals surface area contributed by atoms with Crippen LogP contribution >= 0.6 is 23.6 Å². The van der Waals surface area contributed by atoms with Crippen molar-refractivity contribution in [1.29, 1.82) is 0 Å². The van der Waals surface area contributed by atoms with Crippen LogP contribution in [-0.2, 0) is 17.9 Å². The first-order valence-electron chi connectivity index (χ1n) is 8.07. The summed E-state index contributed by atoms with van der Waals surface area (Å²) in [6.07, 6.45) is 0.920. The van der Waals surface area contributed by atoms with Gasteiger partial charge in [-0.05, 0) is 42.6 Å². The highest BCUT2D eigenvalue weighted by Gasteiger charge is 2.08. The largest absolute Gasteiger partial charge is 0.352 e. The Labute approximate surface area is 154 Å². The van der Waals surface area contributed by atoms with Gasteiger partial charge in [0.15, 0.2) is 4.77 Å². The molecule has 3 rings (SSSR count). The van der Waals surface area contributed by atoms with Gasteiger partial charge in [0, 0.05) is 19.5 Å². The van der Waals surface area contributed by atoms with Crippen LogP contribution in [0.25, 0.3) is 10.2 Å². The van der Waals surface area contributed by atoms with Crippen molar-refractivity contribution >= 4 is 39.7 Å². The van der Waals surface area contributed by atoms with Crippen LogP contribution in [0.2, 0.25) is 0 Å². The summed E-state index contributed by atoms with van der Waals surface area (Å²) >= 11 is 6.64. The number of rotatable bonds is 6. The van der Waals surface area contributed by atoms with E-state index in [1.54, 1.807) is 0 Å². The minimum Gasteiger partial charge on any atom is -0.352 e. The Balaban J connectivity index is 1.54. The second-order valence-corrected chi connectivity index (χ2v) is 7.22. The van der Waals surface area contributed by atoms with Crippen molar-refractivity contribution in [3.63, 3.8) is 0 Å². The van der Waals surface area contributed by atoms with Gasteiger partial charge in [0.25, 0.3) is 5.56 Å². The second-order valence-electron chi connectivity index (χ2n) is 5.92. The maximum atomic E-state index is 12.4. The van der Waals surface area contributed by atoms with Crippen molar-refractivity contribution < 1.29 is 4.79 Å². The molecule has 0 fully saturated rings. The molecule has 1 amide bonds. The highest BCUT2D eigenvalue weighted by molar-refractivity contribution is 7.71. The number of thiophene rings is 1. The Bertz CT molecular complexity index is 1000. The first kappa shape index (κ1) is 17.6. The Hall–Kier alpha value is -2.25. The summed E-state index contributed by atoms with van der Waals surface area (Å²) in [4.78, 5) is 27.5. The van der Waals surface area contributed by atoms with Crippen molar-refractivity contribution in [3.05, 3.63) is 62.0 Å². The van der Waals surface area contributed by atoms with E-state index in [4.69, 9.17) is 12.2 Å². The molecular weight excluding hydrogens is 354 g/mol. The van der Waals surface area contributed by atoms with Gasteiger partial charge in [-0.3, -0.25) is 14.2 Å². The third-order valence-electron chi connectivity index (χ3n) is 3.99. The molecule has 0 unspecified atom stereocenters. The molecule has 5 nitrogen and oxygen atoms in total. The van der Waals surface area contributed by atoms with Crippen molar-refractivity contribution in [1.82, 2.24) is 14.9 Å². The van der Waals surface area contributed by atoms with E-state index in [0.717, 1.165) is 11.1 Å². The molecule has 0 spiro atoms.